The molecule has 0 aromatic heterocycles. The van der Waals surface area contributed by atoms with Gasteiger partial charge in [0.05, 0.1) is 6.61 Å². The molecule has 2 rings (SSSR count). The number of ether oxygens (including phenoxy) is 1. The van der Waals surface area contributed by atoms with Crippen LogP contribution in [0.15, 0.2) is 18.2 Å². The van der Waals surface area contributed by atoms with Crippen LogP contribution in [0.2, 0.25) is 0 Å². The van der Waals surface area contributed by atoms with Crippen LogP contribution in [-0.2, 0) is 11.2 Å². The SMILES string of the molecule is Oc1ccc(F)cc1CCCS[C@@H]1CO1. The minimum Gasteiger partial charge on any atom is -0.508 e. The summed E-state index contributed by atoms with van der Waals surface area (Å²) in [5, 5.41) is 9.46. The zero-order valence-electron chi connectivity index (χ0n) is 8.28. The number of hydrogen-bond donors (Lipinski definition) is 1. The van der Waals surface area contributed by atoms with Crippen molar-refractivity contribution >= 4 is 11.8 Å². The van der Waals surface area contributed by atoms with E-state index >= 15 is 0 Å². The van der Waals surface area contributed by atoms with Crippen LogP contribution < -0.4 is 0 Å². The van der Waals surface area contributed by atoms with Crippen LogP contribution in [0, 0.1) is 5.82 Å². The lowest BCUT2D eigenvalue weighted by molar-refractivity contribution is 0.460. The lowest BCUT2D eigenvalue weighted by Crippen LogP contribution is -1.91. The van der Waals surface area contributed by atoms with E-state index < -0.39 is 0 Å². The van der Waals surface area contributed by atoms with Crippen molar-refractivity contribution in [2.75, 3.05) is 12.4 Å². The number of aryl methyl sites for hydroxylation is 1. The van der Waals surface area contributed by atoms with Crippen molar-refractivity contribution in [2.24, 2.45) is 0 Å². The first-order valence-electron chi connectivity index (χ1n) is 4.96. The highest BCUT2D eigenvalue weighted by Gasteiger charge is 2.21. The van der Waals surface area contributed by atoms with Gasteiger partial charge in [0, 0.05) is 0 Å². The summed E-state index contributed by atoms with van der Waals surface area (Å²) in [4.78, 5) is 0. The summed E-state index contributed by atoms with van der Waals surface area (Å²) < 4.78 is 17.9. The van der Waals surface area contributed by atoms with Gasteiger partial charge in [0.2, 0.25) is 0 Å². The Morgan fingerprint density at radius 1 is 1.53 bits per heavy atom. The summed E-state index contributed by atoms with van der Waals surface area (Å²) in [5.41, 5.74) is 1.07. The molecule has 1 saturated heterocycles. The second kappa shape index (κ2) is 4.86. The van der Waals surface area contributed by atoms with E-state index in [2.05, 4.69) is 0 Å². The Bertz CT molecular complexity index is 339. The topological polar surface area (TPSA) is 32.8 Å². The molecule has 0 saturated carbocycles. The molecule has 0 radical (unpaired) electrons. The molecule has 0 bridgehead atoms. The molecule has 1 aliphatic rings. The average Bonchev–Trinajstić information content (AvgIpc) is 3.01. The first-order chi connectivity index (χ1) is 7.25. The Hall–Kier alpha value is -0.740. The molecule has 2 nitrogen and oxygen atoms in total. The summed E-state index contributed by atoms with van der Waals surface area (Å²) in [6.07, 6.45) is 1.64. The molecule has 0 amide bonds. The Balaban J connectivity index is 1.78. The molecule has 1 fully saturated rings. The van der Waals surface area contributed by atoms with Crippen molar-refractivity contribution in [3.05, 3.63) is 29.6 Å². The summed E-state index contributed by atoms with van der Waals surface area (Å²) in [7, 11) is 0. The van der Waals surface area contributed by atoms with Gasteiger partial charge in [-0.05, 0) is 42.4 Å². The zero-order valence-corrected chi connectivity index (χ0v) is 9.10. The number of aromatic hydroxyl groups is 1. The minimum absolute atomic E-state index is 0.184. The normalized spacial score (nSPS) is 19.1. The largest absolute Gasteiger partial charge is 0.508 e. The van der Waals surface area contributed by atoms with Crippen LogP contribution in [0.5, 0.6) is 5.75 Å². The first kappa shape index (κ1) is 10.8. The lowest BCUT2D eigenvalue weighted by atomic mass is 10.1. The second-order valence-corrected chi connectivity index (χ2v) is 4.78. The van der Waals surface area contributed by atoms with Crippen LogP contribution in [0.25, 0.3) is 0 Å². The van der Waals surface area contributed by atoms with E-state index in [4.69, 9.17) is 4.74 Å². The molecule has 0 aliphatic carbocycles. The van der Waals surface area contributed by atoms with Crippen LogP contribution in [-0.4, -0.2) is 22.9 Å². The van der Waals surface area contributed by atoms with E-state index in [0.29, 0.717) is 17.4 Å². The van der Waals surface area contributed by atoms with Gasteiger partial charge < -0.3 is 9.84 Å². The van der Waals surface area contributed by atoms with E-state index in [0.717, 1.165) is 18.8 Å². The highest BCUT2D eigenvalue weighted by molar-refractivity contribution is 7.99. The van der Waals surface area contributed by atoms with Gasteiger partial charge in [0.1, 0.15) is 17.0 Å². The van der Waals surface area contributed by atoms with E-state index in [1.54, 1.807) is 11.8 Å². The van der Waals surface area contributed by atoms with E-state index in [1.165, 1.54) is 18.2 Å². The molecule has 1 aromatic carbocycles. The van der Waals surface area contributed by atoms with Gasteiger partial charge >= 0.3 is 0 Å². The predicted octanol–water partition coefficient (Wildman–Crippen LogP) is 2.55. The van der Waals surface area contributed by atoms with Gasteiger partial charge in [-0.3, -0.25) is 0 Å². The molecule has 15 heavy (non-hydrogen) atoms. The molecule has 0 unspecified atom stereocenters. The van der Waals surface area contributed by atoms with Gasteiger partial charge in [0.25, 0.3) is 0 Å². The maximum absolute atomic E-state index is 12.9. The lowest BCUT2D eigenvalue weighted by Gasteiger charge is -2.03. The van der Waals surface area contributed by atoms with Crippen molar-refractivity contribution in [1.29, 1.82) is 0 Å². The number of halogens is 1. The third-order valence-electron chi connectivity index (χ3n) is 2.24. The fourth-order valence-corrected chi connectivity index (χ4v) is 2.21. The van der Waals surface area contributed by atoms with Crippen molar-refractivity contribution in [1.82, 2.24) is 0 Å². The molecule has 1 N–H and O–H groups in total. The number of phenolic OH excluding ortho intramolecular Hbond substituents is 1. The summed E-state index contributed by atoms with van der Waals surface area (Å²) in [6, 6.07) is 4.07. The monoisotopic (exact) mass is 228 g/mol. The third kappa shape index (κ3) is 3.39. The van der Waals surface area contributed by atoms with Crippen LogP contribution >= 0.6 is 11.8 Å². The fraction of sp³-hybridized carbons (Fsp3) is 0.455. The number of hydrogen-bond acceptors (Lipinski definition) is 3. The fourth-order valence-electron chi connectivity index (χ4n) is 1.37. The van der Waals surface area contributed by atoms with Crippen molar-refractivity contribution in [3.8, 4) is 5.75 Å². The van der Waals surface area contributed by atoms with Gasteiger partial charge in [-0.1, -0.05) is 0 Å². The quantitative estimate of drug-likeness (QED) is 0.621. The van der Waals surface area contributed by atoms with Gasteiger partial charge in [0.15, 0.2) is 0 Å². The highest BCUT2D eigenvalue weighted by atomic mass is 32.2. The number of thioether (sulfide) groups is 1. The molecule has 82 valence electrons. The second-order valence-electron chi connectivity index (χ2n) is 3.51. The van der Waals surface area contributed by atoms with Crippen molar-refractivity contribution in [2.45, 2.75) is 18.3 Å². The highest BCUT2D eigenvalue weighted by Crippen LogP contribution is 2.26. The molecular weight excluding hydrogens is 215 g/mol. The zero-order chi connectivity index (χ0) is 10.7. The van der Waals surface area contributed by atoms with Crippen molar-refractivity contribution < 1.29 is 14.2 Å². The Kier molecular flexibility index (Phi) is 3.49. The number of rotatable bonds is 5. The Morgan fingerprint density at radius 3 is 3.07 bits per heavy atom. The molecular formula is C11H13FO2S. The van der Waals surface area contributed by atoms with E-state index in [1.807, 2.05) is 0 Å². The minimum atomic E-state index is -0.291. The molecule has 4 heteroatoms. The Morgan fingerprint density at radius 2 is 2.33 bits per heavy atom. The van der Waals surface area contributed by atoms with Crippen LogP contribution in [0.3, 0.4) is 0 Å². The number of benzene rings is 1. The smallest absolute Gasteiger partial charge is 0.126 e. The summed E-state index contributed by atoms with van der Waals surface area (Å²) in [6.45, 7) is 0.857. The average molecular weight is 228 g/mol. The van der Waals surface area contributed by atoms with Crippen LogP contribution in [0.4, 0.5) is 4.39 Å². The van der Waals surface area contributed by atoms with E-state index in [-0.39, 0.29) is 11.6 Å². The molecule has 1 aromatic rings. The summed E-state index contributed by atoms with van der Waals surface area (Å²) in [5.74, 6) is 0.880. The van der Waals surface area contributed by atoms with E-state index in [9.17, 15) is 9.50 Å². The Labute approximate surface area is 92.4 Å². The van der Waals surface area contributed by atoms with Gasteiger partial charge in [-0.25, -0.2) is 4.39 Å². The van der Waals surface area contributed by atoms with Gasteiger partial charge in [-0.15, -0.1) is 11.8 Å². The standard InChI is InChI=1S/C11H13FO2S/c12-9-3-4-10(13)8(6-9)2-1-5-15-11-7-14-11/h3-4,6,11,13H,1-2,5,7H2/t11-/m1/s1. The van der Waals surface area contributed by atoms with Gasteiger partial charge in [-0.2, -0.15) is 0 Å². The number of phenols is 1. The molecule has 1 heterocycles. The molecule has 0 spiro atoms. The first-order valence-corrected chi connectivity index (χ1v) is 6.01. The maximum atomic E-state index is 12.9. The van der Waals surface area contributed by atoms with Crippen molar-refractivity contribution in [3.63, 3.8) is 0 Å². The third-order valence-corrected chi connectivity index (χ3v) is 3.41. The number of epoxide rings is 1. The maximum Gasteiger partial charge on any atom is 0.126 e. The van der Waals surface area contributed by atoms with Crippen LogP contribution in [0.1, 0.15) is 12.0 Å². The predicted molar refractivity (Wildman–Crippen MR) is 58.6 cm³/mol. The molecule has 1 atom stereocenters. The summed E-state index contributed by atoms with van der Waals surface area (Å²) >= 11 is 1.77. The molecule has 1 aliphatic heterocycles.